The van der Waals surface area contributed by atoms with E-state index in [4.69, 9.17) is 0 Å². The Morgan fingerprint density at radius 1 is 1.26 bits per heavy atom. The number of piperidine rings is 1. The number of hydrogen-bond acceptors (Lipinski definition) is 3. The number of carbonyl (C=O) groups is 1. The fraction of sp³-hybridized carbons (Fsp3) is 0.688. The van der Waals surface area contributed by atoms with Gasteiger partial charge in [0.15, 0.2) is 0 Å². The molecule has 1 aliphatic carbocycles. The fourth-order valence-electron chi connectivity index (χ4n) is 3.22. The van der Waals surface area contributed by atoms with Crippen molar-refractivity contribution < 1.29 is 13.6 Å². The highest BCUT2D eigenvalue weighted by atomic mass is 19.3. The highest BCUT2D eigenvalue weighted by molar-refractivity contribution is 5.79. The van der Waals surface area contributed by atoms with Crippen LogP contribution >= 0.6 is 0 Å². The van der Waals surface area contributed by atoms with Crippen LogP contribution in [0.25, 0.3) is 0 Å². The molecule has 0 atom stereocenters. The summed E-state index contributed by atoms with van der Waals surface area (Å²) in [5.74, 6) is 0.771. The highest BCUT2D eigenvalue weighted by Crippen LogP contribution is 2.30. The zero-order chi connectivity index (χ0) is 16.4. The van der Waals surface area contributed by atoms with Crippen LogP contribution in [0, 0.1) is 11.8 Å². The fourth-order valence-corrected chi connectivity index (χ4v) is 3.22. The first kappa shape index (κ1) is 16.1. The average molecular weight is 325 g/mol. The Labute approximate surface area is 133 Å². The van der Waals surface area contributed by atoms with E-state index in [0.717, 1.165) is 51.3 Å². The number of carbonyl (C=O) groups excluding carboxylic acids is 1. The second kappa shape index (κ2) is 6.76. The van der Waals surface area contributed by atoms with Crippen molar-refractivity contribution in [1.82, 2.24) is 14.5 Å². The molecule has 2 heterocycles. The molecule has 0 N–H and O–H groups in total. The van der Waals surface area contributed by atoms with E-state index in [1.807, 2.05) is 4.90 Å². The topological polar surface area (TPSA) is 55.2 Å². The van der Waals surface area contributed by atoms with Crippen LogP contribution < -0.4 is 5.56 Å². The van der Waals surface area contributed by atoms with Crippen molar-refractivity contribution in [1.29, 1.82) is 0 Å². The molecule has 0 unspecified atom stereocenters. The van der Waals surface area contributed by atoms with Gasteiger partial charge in [-0.25, -0.2) is 13.8 Å². The van der Waals surface area contributed by atoms with Gasteiger partial charge in [-0.15, -0.1) is 0 Å². The van der Waals surface area contributed by atoms with E-state index in [0.29, 0.717) is 6.54 Å². The van der Waals surface area contributed by atoms with E-state index in [9.17, 15) is 18.4 Å². The predicted octanol–water partition coefficient (Wildman–Crippen LogP) is 2.22. The molecule has 0 radical (unpaired) electrons. The minimum Gasteiger partial charge on any atom is -0.342 e. The Kier molecular flexibility index (Phi) is 4.73. The normalized spacial score (nSPS) is 19.9. The molecule has 2 fully saturated rings. The van der Waals surface area contributed by atoms with Gasteiger partial charge < -0.3 is 4.90 Å². The first-order valence-electron chi connectivity index (χ1n) is 8.18. The SMILES string of the molecule is O=C(C1CCC1)N1CCC(Cn2cnc(C(F)F)cc2=O)CC1. The van der Waals surface area contributed by atoms with Gasteiger partial charge in [-0.2, -0.15) is 0 Å². The summed E-state index contributed by atoms with van der Waals surface area (Å²) in [5.41, 5.74) is -0.921. The molecule has 126 valence electrons. The molecule has 2 aliphatic rings. The van der Waals surface area contributed by atoms with Gasteiger partial charge in [0, 0.05) is 31.6 Å². The zero-order valence-electron chi connectivity index (χ0n) is 13.0. The molecular weight excluding hydrogens is 304 g/mol. The van der Waals surface area contributed by atoms with Gasteiger partial charge in [0.05, 0.1) is 6.33 Å². The van der Waals surface area contributed by atoms with Gasteiger partial charge in [0.1, 0.15) is 5.69 Å². The molecule has 5 nitrogen and oxygen atoms in total. The summed E-state index contributed by atoms with van der Waals surface area (Å²) in [6.45, 7) is 1.91. The van der Waals surface area contributed by atoms with Gasteiger partial charge in [-0.3, -0.25) is 14.2 Å². The number of rotatable bonds is 4. The van der Waals surface area contributed by atoms with Crippen molar-refractivity contribution >= 4 is 5.91 Å². The molecule has 1 aromatic heterocycles. The van der Waals surface area contributed by atoms with Gasteiger partial charge in [-0.05, 0) is 31.6 Å². The second-order valence-electron chi connectivity index (χ2n) is 6.50. The number of nitrogens with zero attached hydrogens (tertiary/aromatic N) is 3. The lowest BCUT2D eigenvalue weighted by atomic mass is 9.83. The van der Waals surface area contributed by atoms with Gasteiger partial charge in [-0.1, -0.05) is 6.42 Å². The lowest BCUT2D eigenvalue weighted by Gasteiger charge is -2.36. The van der Waals surface area contributed by atoms with Crippen molar-refractivity contribution in [3.63, 3.8) is 0 Å². The molecule has 1 saturated carbocycles. The first-order valence-corrected chi connectivity index (χ1v) is 8.18. The van der Waals surface area contributed by atoms with E-state index in [-0.39, 0.29) is 17.7 Å². The molecule has 0 aromatic carbocycles. The van der Waals surface area contributed by atoms with E-state index >= 15 is 0 Å². The Hall–Kier alpha value is -1.79. The third kappa shape index (κ3) is 3.59. The predicted molar refractivity (Wildman–Crippen MR) is 80.1 cm³/mol. The van der Waals surface area contributed by atoms with Crippen molar-refractivity contribution in [3.8, 4) is 0 Å². The van der Waals surface area contributed by atoms with E-state index in [2.05, 4.69) is 4.98 Å². The Balaban J connectivity index is 1.54. The molecule has 1 amide bonds. The molecule has 0 spiro atoms. The van der Waals surface area contributed by atoms with Crippen molar-refractivity contribution in [2.45, 2.75) is 45.1 Å². The second-order valence-corrected chi connectivity index (χ2v) is 6.50. The van der Waals surface area contributed by atoms with Crippen LogP contribution in [0.3, 0.4) is 0 Å². The minimum atomic E-state index is -2.72. The Morgan fingerprint density at radius 3 is 2.48 bits per heavy atom. The van der Waals surface area contributed by atoms with Crippen molar-refractivity contribution in [2.24, 2.45) is 11.8 Å². The average Bonchev–Trinajstić information content (AvgIpc) is 2.48. The van der Waals surface area contributed by atoms with E-state index < -0.39 is 17.7 Å². The van der Waals surface area contributed by atoms with Crippen LogP contribution in [-0.2, 0) is 11.3 Å². The quantitative estimate of drug-likeness (QED) is 0.853. The van der Waals surface area contributed by atoms with Crippen molar-refractivity contribution in [2.75, 3.05) is 13.1 Å². The third-order valence-corrected chi connectivity index (χ3v) is 4.96. The number of likely N-dealkylation sites (tertiary alicyclic amines) is 1. The Morgan fingerprint density at radius 2 is 1.96 bits per heavy atom. The molecule has 7 heteroatoms. The summed E-state index contributed by atoms with van der Waals surface area (Å²) in [7, 11) is 0. The highest BCUT2D eigenvalue weighted by Gasteiger charge is 2.31. The largest absolute Gasteiger partial charge is 0.342 e. The monoisotopic (exact) mass is 325 g/mol. The molecule has 1 aliphatic heterocycles. The lowest BCUT2D eigenvalue weighted by molar-refractivity contribution is -0.139. The third-order valence-electron chi connectivity index (χ3n) is 4.96. The summed E-state index contributed by atoms with van der Waals surface area (Å²) >= 11 is 0. The molecule has 3 rings (SSSR count). The zero-order valence-corrected chi connectivity index (χ0v) is 13.0. The summed E-state index contributed by atoms with van der Waals surface area (Å²) in [4.78, 5) is 29.6. The number of halogens is 2. The van der Waals surface area contributed by atoms with Gasteiger partial charge in [0.25, 0.3) is 12.0 Å². The van der Waals surface area contributed by atoms with Crippen LogP contribution in [0.1, 0.15) is 44.2 Å². The van der Waals surface area contributed by atoms with Crippen LogP contribution in [0.4, 0.5) is 8.78 Å². The number of hydrogen-bond donors (Lipinski definition) is 0. The summed E-state index contributed by atoms with van der Waals surface area (Å²) in [6, 6.07) is 0.903. The summed E-state index contributed by atoms with van der Waals surface area (Å²) < 4.78 is 26.4. The van der Waals surface area contributed by atoms with Crippen LogP contribution in [-0.4, -0.2) is 33.4 Å². The maximum absolute atomic E-state index is 12.5. The van der Waals surface area contributed by atoms with Gasteiger partial charge in [0.2, 0.25) is 5.91 Å². The first-order chi connectivity index (χ1) is 11.0. The van der Waals surface area contributed by atoms with Crippen LogP contribution in [0.2, 0.25) is 0 Å². The van der Waals surface area contributed by atoms with Crippen LogP contribution in [0.5, 0.6) is 0 Å². The summed E-state index contributed by atoms with van der Waals surface area (Å²) in [6.07, 6.45) is 3.32. The maximum atomic E-state index is 12.5. The molecule has 1 saturated heterocycles. The standard InChI is InChI=1S/C16H21F2N3O2/c17-15(18)13-8-14(22)21(10-19-13)9-11-4-6-20(7-5-11)16(23)12-2-1-3-12/h8,10-12,15H,1-7,9H2. The summed E-state index contributed by atoms with van der Waals surface area (Å²) in [5, 5.41) is 0. The smallest absolute Gasteiger partial charge is 0.280 e. The number of alkyl halides is 2. The number of amides is 1. The van der Waals surface area contributed by atoms with Gasteiger partial charge >= 0.3 is 0 Å². The van der Waals surface area contributed by atoms with Crippen molar-refractivity contribution in [3.05, 3.63) is 28.4 Å². The van der Waals surface area contributed by atoms with E-state index in [1.165, 1.54) is 10.9 Å². The minimum absolute atomic E-state index is 0.222. The number of aromatic nitrogens is 2. The Bertz CT molecular complexity index is 620. The van der Waals surface area contributed by atoms with E-state index in [1.54, 1.807) is 0 Å². The lowest BCUT2D eigenvalue weighted by Crippen LogP contribution is -2.44. The molecule has 1 aromatic rings. The molecule has 23 heavy (non-hydrogen) atoms. The van der Waals surface area contributed by atoms with Crippen LogP contribution in [0.15, 0.2) is 17.2 Å². The molecular formula is C16H21F2N3O2. The maximum Gasteiger partial charge on any atom is 0.280 e. The molecule has 0 bridgehead atoms.